The maximum absolute atomic E-state index is 12.6. The van der Waals surface area contributed by atoms with E-state index in [-0.39, 0.29) is 17.9 Å². The summed E-state index contributed by atoms with van der Waals surface area (Å²) in [6.07, 6.45) is 2.45. The van der Waals surface area contributed by atoms with E-state index in [0.717, 1.165) is 18.8 Å². The number of carbonyl (C=O) groups is 1. The predicted molar refractivity (Wildman–Crippen MR) is 75.7 cm³/mol. The van der Waals surface area contributed by atoms with Gasteiger partial charge in [-0.05, 0) is 26.3 Å². The van der Waals surface area contributed by atoms with Gasteiger partial charge < -0.3 is 9.42 Å². The molecule has 0 saturated carbocycles. The zero-order valence-electron chi connectivity index (χ0n) is 12.5. The first-order chi connectivity index (χ1) is 9.56. The summed E-state index contributed by atoms with van der Waals surface area (Å²) < 4.78 is 5.25. The monoisotopic (exact) mass is 277 g/mol. The molecule has 2 atom stereocenters. The second kappa shape index (κ2) is 5.20. The van der Waals surface area contributed by atoms with Crippen molar-refractivity contribution in [1.29, 1.82) is 0 Å². The smallest absolute Gasteiger partial charge is 0.276 e. The van der Waals surface area contributed by atoms with E-state index in [1.165, 1.54) is 19.4 Å². The highest BCUT2D eigenvalue weighted by Gasteiger charge is 2.37. The molecule has 1 amide bonds. The van der Waals surface area contributed by atoms with Crippen molar-refractivity contribution < 1.29 is 9.32 Å². The average molecular weight is 277 g/mol. The Labute approximate surface area is 119 Å². The van der Waals surface area contributed by atoms with Gasteiger partial charge in [-0.25, -0.2) is 0 Å². The van der Waals surface area contributed by atoms with Crippen LogP contribution >= 0.6 is 0 Å². The summed E-state index contributed by atoms with van der Waals surface area (Å²) in [4.78, 5) is 17.1. The highest BCUT2D eigenvalue weighted by molar-refractivity contribution is 5.92. The third kappa shape index (κ3) is 2.35. The van der Waals surface area contributed by atoms with Crippen LogP contribution in [0, 0.1) is 0 Å². The van der Waals surface area contributed by atoms with Gasteiger partial charge in [-0.2, -0.15) is 0 Å². The Hall–Kier alpha value is -1.36. The van der Waals surface area contributed by atoms with Crippen LogP contribution in [0.2, 0.25) is 0 Å². The first kappa shape index (κ1) is 13.6. The third-order valence-corrected chi connectivity index (χ3v) is 4.51. The quantitative estimate of drug-likeness (QED) is 0.830. The lowest BCUT2D eigenvalue weighted by Gasteiger charge is -2.41. The van der Waals surface area contributed by atoms with Crippen LogP contribution in [0.3, 0.4) is 0 Å². The highest BCUT2D eigenvalue weighted by atomic mass is 16.5. The summed E-state index contributed by atoms with van der Waals surface area (Å²) in [6, 6.07) is 2.57. The van der Waals surface area contributed by atoms with Gasteiger partial charge in [-0.3, -0.25) is 9.69 Å². The Morgan fingerprint density at radius 2 is 2.25 bits per heavy atom. The molecule has 1 aromatic heterocycles. The van der Waals surface area contributed by atoms with Gasteiger partial charge in [0.25, 0.3) is 5.91 Å². The molecule has 1 aromatic rings. The average Bonchev–Trinajstić information content (AvgIpc) is 3.05. The molecule has 0 bridgehead atoms. The van der Waals surface area contributed by atoms with Gasteiger partial charge in [-0.1, -0.05) is 19.0 Å². The topological polar surface area (TPSA) is 49.6 Å². The van der Waals surface area contributed by atoms with E-state index in [1.54, 1.807) is 6.07 Å². The lowest BCUT2D eigenvalue weighted by Crippen LogP contribution is -2.56. The number of piperazine rings is 1. The number of fused-ring (bicyclic) bond motifs is 1. The first-order valence-corrected chi connectivity index (χ1v) is 7.58. The summed E-state index contributed by atoms with van der Waals surface area (Å²) in [5, 5.41) is 3.95. The second-order valence-corrected chi connectivity index (χ2v) is 6.37. The van der Waals surface area contributed by atoms with E-state index in [0.29, 0.717) is 11.7 Å². The Morgan fingerprint density at radius 3 is 2.95 bits per heavy atom. The molecule has 2 aliphatic rings. The zero-order valence-corrected chi connectivity index (χ0v) is 12.5. The molecular weight excluding hydrogens is 254 g/mol. The van der Waals surface area contributed by atoms with Gasteiger partial charge in [0.05, 0.1) is 0 Å². The maximum Gasteiger partial charge on any atom is 0.276 e. The molecule has 0 radical (unpaired) electrons. The van der Waals surface area contributed by atoms with Crippen LogP contribution in [0.15, 0.2) is 10.6 Å². The Bertz CT molecular complexity index is 497. The normalized spacial score (nSPS) is 27.1. The van der Waals surface area contributed by atoms with Gasteiger partial charge in [0.2, 0.25) is 0 Å². The molecule has 0 N–H and O–H groups in total. The minimum atomic E-state index is 0.0136. The minimum Gasteiger partial charge on any atom is -0.360 e. The standard InChI is InChI=1S/C15H23N3O2/c1-10(2)14-7-13(16-20-14)15(19)18-9-12-5-4-6-17(12)8-11(18)3/h7,10-12H,4-6,8-9H2,1-3H3/t11-,12-/m0/s1. The van der Waals surface area contributed by atoms with Crippen LogP contribution in [0.25, 0.3) is 0 Å². The van der Waals surface area contributed by atoms with Crippen LogP contribution in [0.4, 0.5) is 0 Å². The summed E-state index contributed by atoms with van der Waals surface area (Å²) >= 11 is 0. The number of aromatic nitrogens is 1. The number of amides is 1. The SMILES string of the molecule is CC(C)c1cc(C(=O)N2C[C@@H]3CCCN3C[C@@H]2C)no1. The molecular formula is C15H23N3O2. The van der Waals surface area contributed by atoms with E-state index in [2.05, 4.69) is 17.0 Å². The Balaban J connectivity index is 1.75. The number of nitrogens with zero attached hydrogens (tertiary/aromatic N) is 3. The van der Waals surface area contributed by atoms with Crippen molar-refractivity contribution in [2.75, 3.05) is 19.6 Å². The number of rotatable bonds is 2. The molecule has 0 aromatic carbocycles. The first-order valence-electron chi connectivity index (χ1n) is 7.58. The van der Waals surface area contributed by atoms with Crippen molar-refractivity contribution in [3.63, 3.8) is 0 Å². The second-order valence-electron chi connectivity index (χ2n) is 6.37. The van der Waals surface area contributed by atoms with Crippen molar-refractivity contribution in [3.05, 3.63) is 17.5 Å². The number of hydrogen-bond donors (Lipinski definition) is 0. The molecule has 2 aliphatic heterocycles. The lowest BCUT2D eigenvalue weighted by atomic mass is 10.1. The zero-order chi connectivity index (χ0) is 14.3. The largest absolute Gasteiger partial charge is 0.360 e. The fourth-order valence-corrected chi connectivity index (χ4v) is 3.28. The van der Waals surface area contributed by atoms with Crippen molar-refractivity contribution >= 4 is 5.91 Å². The molecule has 2 saturated heterocycles. The van der Waals surface area contributed by atoms with Gasteiger partial charge >= 0.3 is 0 Å². The van der Waals surface area contributed by atoms with Crippen molar-refractivity contribution in [1.82, 2.24) is 15.0 Å². The van der Waals surface area contributed by atoms with Crippen molar-refractivity contribution in [2.24, 2.45) is 0 Å². The van der Waals surface area contributed by atoms with Gasteiger partial charge in [0.15, 0.2) is 5.69 Å². The molecule has 20 heavy (non-hydrogen) atoms. The van der Waals surface area contributed by atoms with E-state index < -0.39 is 0 Å². The summed E-state index contributed by atoms with van der Waals surface area (Å²) in [5.74, 6) is 1.05. The Morgan fingerprint density at radius 1 is 1.45 bits per heavy atom. The lowest BCUT2D eigenvalue weighted by molar-refractivity contribution is 0.0386. The van der Waals surface area contributed by atoms with Gasteiger partial charge in [-0.15, -0.1) is 0 Å². The molecule has 110 valence electrons. The fraction of sp³-hybridized carbons (Fsp3) is 0.733. The van der Waals surface area contributed by atoms with Gasteiger partial charge in [0.1, 0.15) is 5.76 Å². The molecule has 2 fully saturated rings. The van der Waals surface area contributed by atoms with E-state index in [9.17, 15) is 4.79 Å². The van der Waals surface area contributed by atoms with Crippen molar-refractivity contribution in [3.8, 4) is 0 Å². The van der Waals surface area contributed by atoms with Crippen LogP contribution in [0.1, 0.15) is 55.8 Å². The van der Waals surface area contributed by atoms with E-state index in [1.807, 2.05) is 18.7 Å². The number of hydrogen-bond acceptors (Lipinski definition) is 4. The predicted octanol–water partition coefficient (Wildman–Crippen LogP) is 2.11. The van der Waals surface area contributed by atoms with Crippen LogP contribution in [-0.4, -0.2) is 52.6 Å². The molecule has 5 heteroatoms. The van der Waals surface area contributed by atoms with E-state index in [4.69, 9.17) is 4.52 Å². The van der Waals surface area contributed by atoms with Crippen LogP contribution < -0.4 is 0 Å². The highest BCUT2D eigenvalue weighted by Crippen LogP contribution is 2.26. The van der Waals surface area contributed by atoms with Crippen LogP contribution in [0.5, 0.6) is 0 Å². The summed E-state index contributed by atoms with van der Waals surface area (Å²) in [6.45, 7) is 9.17. The van der Waals surface area contributed by atoms with E-state index >= 15 is 0 Å². The molecule has 0 spiro atoms. The summed E-state index contributed by atoms with van der Waals surface area (Å²) in [7, 11) is 0. The summed E-state index contributed by atoms with van der Waals surface area (Å²) in [5.41, 5.74) is 0.451. The van der Waals surface area contributed by atoms with Gasteiger partial charge in [0, 0.05) is 37.2 Å². The fourth-order valence-electron chi connectivity index (χ4n) is 3.28. The minimum absolute atomic E-state index is 0.0136. The third-order valence-electron chi connectivity index (χ3n) is 4.51. The molecule has 0 aliphatic carbocycles. The number of carbonyl (C=O) groups excluding carboxylic acids is 1. The van der Waals surface area contributed by atoms with Crippen LogP contribution in [-0.2, 0) is 0 Å². The molecule has 3 heterocycles. The van der Waals surface area contributed by atoms with Crippen molar-refractivity contribution in [2.45, 2.75) is 51.6 Å². The Kier molecular flexibility index (Phi) is 3.54. The molecule has 5 nitrogen and oxygen atoms in total. The molecule has 0 unspecified atom stereocenters. The molecule has 3 rings (SSSR count). The maximum atomic E-state index is 12.6.